The topological polar surface area (TPSA) is 144 Å². The molecule has 1 aliphatic heterocycles. The van der Waals surface area contributed by atoms with E-state index < -0.39 is 27.3 Å². The van der Waals surface area contributed by atoms with Crippen molar-refractivity contribution in [2.24, 2.45) is 15.8 Å². The number of carbonyl (C=O) groups excluding carboxylic acids is 1. The van der Waals surface area contributed by atoms with Crippen molar-refractivity contribution in [2.45, 2.75) is 18.8 Å². The largest absolute Gasteiger partial charge is 0.382 e. The maximum absolute atomic E-state index is 15.7. The average Bonchev–Trinajstić information content (AvgIpc) is 3.40. The number of para-hydroxylation sites is 1. The summed E-state index contributed by atoms with van der Waals surface area (Å²) in [5, 5.41) is 6.76. The summed E-state index contributed by atoms with van der Waals surface area (Å²) in [4.78, 5) is 30.2. The van der Waals surface area contributed by atoms with Crippen LogP contribution in [0.1, 0.15) is 40.5 Å². The lowest BCUT2D eigenvalue weighted by Gasteiger charge is -2.30. The minimum Gasteiger partial charge on any atom is -0.382 e. The third-order valence-corrected chi connectivity index (χ3v) is 9.02. The van der Waals surface area contributed by atoms with Crippen LogP contribution in [-0.4, -0.2) is 66.8 Å². The lowest BCUT2D eigenvalue weighted by atomic mass is 9.94. The number of rotatable bonds is 8. The van der Waals surface area contributed by atoms with Gasteiger partial charge in [-0.1, -0.05) is 18.2 Å². The fourth-order valence-electron chi connectivity index (χ4n) is 5.47. The van der Waals surface area contributed by atoms with E-state index in [9.17, 15) is 18.0 Å². The SMILES string of the molecule is C=Nn1c(C2CCN(S(C)(=O)=O)CC2)cc(-c2ccc(NC(=O)c3cccn(-c4ccccc4)c3=O)cc2F)c1/C(N)=N\C. The quantitative estimate of drug-likeness (QED) is 0.229. The highest BCUT2D eigenvalue weighted by Gasteiger charge is 2.31. The fourth-order valence-corrected chi connectivity index (χ4v) is 6.35. The first-order chi connectivity index (χ1) is 21.0. The molecule has 0 bridgehead atoms. The van der Waals surface area contributed by atoms with E-state index in [1.807, 2.05) is 6.07 Å². The lowest BCUT2D eigenvalue weighted by Crippen LogP contribution is -2.37. The molecule has 5 rings (SSSR count). The second-order valence-corrected chi connectivity index (χ2v) is 12.4. The first-order valence-electron chi connectivity index (χ1n) is 13.8. The molecule has 2 aromatic heterocycles. The Morgan fingerprint density at radius 2 is 1.75 bits per heavy atom. The molecule has 1 fully saturated rings. The Labute approximate surface area is 254 Å². The molecular weight excluding hydrogens is 585 g/mol. The van der Waals surface area contributed by atoms with Gasteiger partial charge in [0.15, 0.2) is 0 Å². The van der Waals surface area contributed by atoms with E-state index in [4.69, 9.17) is 5.73 Å². The normalized spacial score (nSPS) is 14.8. The number of pyridine rings is 1. The van der Waals surface area contributed by atoms with Gasteiger partial charge in [0.25, 0.3) is 11.5 Å². The maximum atomic E-state index is 15.7. The number of amides is 1. The number of nitrogens with two attached hydrogens (primary N) is 1. The molecule has 13 heteroatoms. The second-order valence-electron chi connectivity index (χ2n) is 10.4. The van der Waals surface area contributed by atoms with Gasteiger partial charge in [-0.25, -0.2) is 21.8 Å². The number of nitrogens with one attached hydrogen (secondary N) is 1. The van der Waals surface area contributed by atoms with Crippen LogP contribution >= 0.6 is 0 Å². The number of hydrogen-bond donors (Lipinski definition) is 2. The zero-order valence-electron chi connectivity index (χ0n) is 24.3. The van der Waals surface area contributed by atoms with Crippen molar-refractivity contribution < 1.29 is 17.6 Å². The van der Waals surface area contributed by atoms with Crippen LogP contribution in [0.4, 0.5) is 10.1 Å². The van der Waals surface area contributed by atoms with Crippen molar-refractivity contribution >= 4 is 34.2 Å². The molecule has 0 aliphatic carbocycles. The highest BCUT2D eigenvalue weighted by Crippen LogP contribution is 2.37. The van der Waals surface area contributed by atoms with E-state index in [1.165, 1.54) is 45.1 Å². The standard InChI is InChI=1S/C31H32FN7O4S/c1-34-29(33)28-25(19-27(39(28)35-2)20-13-16-37(17-14-20)44(3,42)43)23-12-11-21(18-26(23)32)36-30(40)24-10-7-15-38(31(24)41)22-8-5-4-6-9-22/h4-12,15,18-20H,2,13-14,16-17H2,1,3H3,(H2,33,34)(H,36,40). The zero-order valence-corrected chi connectivity index (χ0v) is 25.1. The minimum atomic E-state index is -3.31. The number of carbonyl (C=O) groups is 1. The predicted octanol–water partition coefficient (Wildman–Crippen LogP) is 3.64. The monoisotopic (exact) mass is 617 g/mol. The number of sulfonamides is 1. The van der Waals surface area contributed by atoms with Gasteiger partial charge in [0.2, 0.25) is 10.0 Å². The number of hydrogen-bond acceptors (Lipinski definition) is 6. The highest BCUT2D eigenvalue weighted by molar-refractivity contribution is 7.88. The van der Waals surface area contributed by atoms with Crippen molar-refractivity contribution in [1.82, 2.24) is 13.5 Å². The molecule has 1 saturated heterocycles. The molecule has 0 saturated carbocycles. The third-order valence-electron chi connectivity index (χ3n) is 7.71. The number of halogens is 1. The smallest absolute Gasteiger partial charge is 0.267 e. The summed E-state index contributed by atoms with van der Waals surface area (Å²) in [5.74, 6) is -1.30. The van der Waals surface area contributed by atoms with Crippen molar-refractivity contribution in [3.05, 3.63) is 106 Å². The van der Waals surface area contributed by atoms with E-state index >= 15 is 4.39 Å². The van der Waals surface area contributed by atoms with Gasteiger partial charge in [0.05, 0.1) is 6.26 Å². The summed E-state index contributed by atoms with van der Waals surface area (Å²) < 4.78 is 44.1. The molecule has 1 amide bonds. The van der Waals surface area contributed by atoms with Crippen LogP contribution < -0.4 is 16.6 Å². The number of aromatic nitrogens is 2. The van der Waals surface area contributed by atoms with Crippen LogP contribution in [0.2, 0.25) is 0 Å². The number of piperidine rings is 1. The summed E-state index contributed by atoms with van der Waals surface area (Å²) in [5.41, 5.74) is 8.07. The summed E-state index contributed by atoms with van der Waals surface area (Å²) in [7, 11) is -1.80. The van der Waals surface area contributed by atoms with Gasteiger partial charge >= 0.3 is 0 Å². The molecular formula is C31H32FN7O4S. The molecule has 3 N–H and O–H groups in total. The molecule has 228 valence electrons. The van der Waals surface area contributed by atoms with Crippen LogP contribution in [0.3, 0.4) is 0 Å². The summed E-state index contributed by atoms with van der Waals surface area (Å²) in [6, 6.07) is 17.9. The molecule has 4 aromatic rings. The van der Waals surface area contributed by atoms with Crippen molar-refractivity contribution in [3.63, 3.8) is 0 Å². The Bertz CT molecular complexity index is 1930. The van der Waals surface area contributed by atoms with E-state index in [0.29, 0.717) is 48.6 Å². The molecule has 1 aliphatic rings. The average molecular weight is 618 g/mol. The Morgan fingerprint density at radius 3 is 2.36 bits per heavy atom. The molecule has 0 atom stereocenters. The van der Waals surface area contributed by atoms with Crippen molar-refractivity contribution in [2.75, 3.05) is 31.7 Å². The van der Waals surface area contributed by atoms with Gasteiger partial charge in [0, 0.05) is 67.2 Å². The van der Waals surface area contributed by atoms with Crippen LogP contribution in [-0.2, 0) is 10.0 Å². The van der Waals surface area contributed by atoms with Crippen LogP contribution in [0, 0.1) is 5.82 Å². The fraction of sp³-hybridized carbons (Fsp3) is 0.226. The zero-order chi connectivity index (χ0) is 31.6. The Kier molecular flexibility index (Phi) is 8.61. The van der Waals surface area contributed by atoms with Crippen LogP contribution in [0.25, 0.3) is 16.8 Å². The van der Waals surface area contributed by atoms with E-state index in [0.717, 1.165) is 6.07 Å². The highest BCUT2D eigenvalue weighted by atomic mass is 32.2. The van der Waals surface area contributed by atoms with Crippen LogP contribution in [0.5, 0.6) is 0 Å². The Balaban J connectivity index is 1.46. The second kappa shape index (κ2) is 12.4. The van der Waals surface area contributed by atoms with E-state index in [1.54, 1.807) is 42.6 Å². The number of nitrogens with zero attached hydrogens (tertiary/aromatic N) is 5. The molecule has 11 nitrogen and oxygen atoms in total. The number of amidine groups is 1. The maximum Gasteiger partial charge on any atom is 0.267 e. The lowest BCUT2D eigenvalue weighted by molar-refractivity contribution is 0.102. The van der Waals surface area contributed by atoms with Gasteiger partial charge in [0.1, 0.15) is 22.9 Å². The first-order valence-corrected chi connectivity index (χ1v) is 15.7. The van der Waals surface area contributed by atoms with Gasteiger partial charge in [-0.15, -0.1) is 0 Å². The number of anilines is 1. The predicted molar refractivity (Wildman–Crippen MR) is 170 cm³/mol. The Hall–Kier alpha value is -4.88. The van der Waals surface area contributed by atoms with E-state index in [-0.39, 0.29) is 28.6 Å². The summed E-state index contributed by atoms with van der Waals surface area (Å²) >= 11 is 0. The molecule has 0 spiro atoms. The number of benzene rings is 2. The van der Waals surface area contributed by atoms with Gasteiger partial charge in [-0.2, -0.15) is 5.10 Å². The molecule has 2 aromatic carbocycles. The minimum absolute atomic E-state index is 0.0805. The van der Waals surface area contributed by atoms with Crippen LogP contribution in [0.15, 0.2) is 87.8 Å². The Morgan fingerprint density at radius 1 is 1.05 bits per heavy atom. The molecule has 3 heterocycles. The summed E-state index contributed by atoms with van der Waals surface area (Å²) in [6.07, 6.45) is 3.83. The van der Waals surface area contributed by atoms with Crippen molar-refractivity contribution in [1.29, 1.82) is 0 Å². The third kappa shape index (κ3) is 5.96. The van der Waals surface area contributed by atoms with E-state index in [2.05, 4.69) is 22.1 Å². The number of aliphatic imine (C=N–C) groups is 1. The molecule has 0 unspecified atom stereocenters. The molecule has 0 radical (unpaired) electrons. The summed E-state index contributed by atoms with van der Waals surface area (Å²) in [6.45, 7) is 4.37. The van der Waals surface area contributed by atoms with Gasteiger partial charge < -0.3 is 11.1 Å². The van der Waals surface area contributed by atoms with Gasteiger partial charge in [-0.3, -0.25) is 19.1 Å². The first kappa shape index (κ1) is 30.6. The van der Waals surface area contributed by atoms with Gasteiger partial charge in [-0.05, 0) is 61.4 Å². The molecule has 44 heavy (non-hydrogen) atoms. The van der Waals surface area contributed by atoms with Crippen molar-refractivity contribution in [3.8, 4) is 16.8 Å².